The molecule has 0 radical (unpaired) electrons. The smallest absolute Gasteiger partial charge is 0.156 e. The molecule has 0 aromatic heterocycles. The minimum Gasteiger partial charge on any atom is -0.453 e. The van der Waals surface area contributed by atoms with E-state index in [9.17, 15) is 4.79 Å². The van der Waals surface area contributed by atoms with E-state index < -0.39 is 0 Å². The average Bonchev–Trinajstić information content (AvgIpc) is 2.34. The lowest BCUT2D eigenvalue weighted by Crippen LogP contribution is -1.92. The lowest BCUT2D eigenvalue weighted by atomic mass is 10.2. The van der Waals surface area contributed by atoms with Crippen molar-refractivity contribution >= 4 is 45.4 Å². The largest absolute Gasteiger partial charge is 0.453 e. The minimum atomic E-state index is 0.304. The van der Waals surface area contributed by atoms with Gasteiger partial charge in [0.2, 0.25) is 0 Å². The molecule has 18 heavy (non-hydrogen) atoms. The molecule has 0 aliphatic heterocycles. The molecule has 0 fully saturated rings. The number of hydrogen-bond donors (Lipinski definition) is 0. The normalized spacial score (nSPS) is 10.2. The number of carbonyl (C=O) groups is 1. The minimum absolute atomic E-state index is 0.304. The Labute approximate surface area is 123 Å². The van der Waals surface area contributed by atoms with Gasteiger partial charge < -0.3 is 4.74 Å². The van der Waals surface area contributed by atoms with Gasteiger partial charge in [0.15, 0.2) is 12.0 Å². The summed E-state index contributed by atoms with van der Waals surface area (Å²) in [6, 6.07) is 10.1. The van der Waals surface area contributed by atoms with Crippen molar-refractivity contribution in [2.45, 2.75) is 0 Å². The lowest BCUT2D eigenvalue weighted by molar-refractivity contribution is 0.112. The number of hydrogen-bond acceptors (Lipinski definition) is 2. The molecule has 2 aromatic carbocycles. The molecule has 2 nitrogen and oxygen atoms in total. The molecule has 0 atom stereocenters. The van der Waals surface area contributed by atoms with E-state index in [-0.39, 0.29) is 0 Å². The van der Waals surface area contributed by atoms with Crippen molar-refractivity contribution in [2.75, 3.05) is 0 Å². The highest BCUT2D eigenvalue weighted by Crippen LogP contribution is 2.36. The Morgan fingerprint density at radius 2 is 1.89 bits per heavy atom. The third-order valence-corrected chi connectivity index (χ3v) is 3.32. The van der Waals surface area contributed by atoms with Crippen molar-refractivity contribution in [2.24, 2.45) is 0 Å². The third-order valence-electron chi connectivity index (χ3n) is 2.23. The second-order valence-corrected chi connectivity index (χ2v) is 5.18. The van der Waals surface area contributed by atoms with Gasteiger partial charge in [-0.25, -0.2) is 0 Å². The molecular formula is C13H7BrCl2O2. The molecule has 0 bridgehead atoms. The summed E-state index contributed by atoms with van der Waals surface area (Å²) < 4.78 is 6.44. The van der Waals surface area contributed by atoms with E-state index in [0.717, 1.165) is 4.47 Å². The molecule has 0 saturated carbocycles. The van der Waals surface area contributed by atoms with Gasteiger partial charge in [-0.1, -0.05) is 45.2 Å². The van der Waals surface area contributed by atoms with Crippen LogP contribution in [-0.4, -0.2) is 6.29 Å². The van der Waals surface area contributed by atoms with Crippen LogP contribution in [0, 0.1) is 0 Å². The molecule has 0 saturated heterocycles. The predicted molar refractivity (Wildman–Crippen MR) is 76.1 cm³/mol. The Morgan fingerprint density at radius 3 is 2.56 bits per heavy atom. The van der Waals surface area contributed by atoms with Gasteiger partial charge in [-0.15, -0.1) is 0 Å². The van der Waals surface area contributed by atoms with E-state index in [0.29, 0.717) is 33.4 Å². The molecule has 0 heterocycles. The van der Waals surface area contributed by atoms with E-state index in [1.54, 1.807) is 36.4 Å². The number of ether oxygens (including phenoxy) is 1. The van der Waals surface area contributed by atoms with Crippen molar-refractivity contribution in [3.63, 3.8) is 0 Å². The van der Waals surface area contributed by atoms with E-state index in [4.69, 9.17) is 27.9 Å². The van der Waals surface area contributed by atoms with Crippen molar-refractivity contribution in [3.8, 4) is 11.5 Å². The maximum atomic E-state index is 10.9. The molecular weight excluding hydrogens is 339 g/mol. The van der Waals surface area contributed by atoms with E-state index in [1.165, 1.54) is 0 Å². The van der Waals surface area contributed by atoms with Crippen LogP contribution in [0.1, 0.15) is 10.4 Å². The Balaban J connectivity index is 2.42. The van der Waals surface area contributed by atoms with Gasteiger partial charge in [0.1, 0.15) is 5.75 Å². The molecule has 0 spiro atoms. The maximum absolute atomic E-state index is 10.9. The first kappa shape index (κ1) is 13.4. The quantitative estimate of drug-likeness (QED) is 0.700. The Morgan fingerprint density at radius 1 is 1.11 bits per heavy atom. The van der Waals surface area contributed by atoms with Crippen molar-refractivity contribution in [1.82, 2.24) is 0 Å². The van der Waals surface area contributed by atoms with Gasteiger partial charge >= 0.3 is 0 Å². The van der Waals surface area contributed by atoms with E-state index in [1.807, 2.05) is 0 Å². The van der Waals surface area contributed by atoms with Gasteiger partial charge in [0.25, 0.3) is 0 Å². The Hall–Kier alpha value is -1.03. The summed E-state index contributed by atoms with van der Waals surface area (Å²) >= 11 is 15.3. The predicted octanol–water partition coefficient (Wildman–Crippen LogP) is 5.36. The second-order valence-electron chi connectivity index (χ2n) is 3.45. The highest BCUT2D eigenvalue weighted by molar-refractivity contribution is 9.10. The lowest BCUT2D eigenvalue weighted by Gasteiger charge is -2.11. The van der Waals surface area contributed by atoms with Crippen LogP contribution >= 0.6 is 39.1 Å². The SMILES string of the molecule is O=Cc1cccc(Cl)c1Oc1ccc(Br)cc1Cl. The van der Waals surface area contributed by atoms with Gasteiger partial charge in [-0.3, -0.25) is 4.79 Å². The van der Waals surface area contributed by atoms with Gasteiger partial charge in [-0.05, 0) is 30.3 Å². The fourth-order valence-corrected chi connectivity index (χ4v) is 2.33. The van der Waals surface area contributed by atoms with Crippen LogP contribution in [0.3, 0.4) is 0 Å². The zero-order valence-corrected chi connectivity index (χ0v) is 12.1. The van der Waals surface area contributed by atoms with Gasteiger partial charge in [0.05, 0.1) is 15.6 Å². The molecule has 5 heteroatoms. The number of benzene rings is 2. The monoisotopic (exact) mass is 344 g/mol. The first-order valence-corrected chi connectivity index (χ1v) is 6.53. The Bertz CT molecular complexity index is 600. The number of carbonyl (C=O) groups excluding carboxylic acids is 1. The molecule has 92 valence electrons. The summed E-state index contributed by atoms with van der Waals surface area (Å²) in [5.74, 6) is 0.745. The van der Waals surface area contributed by atoms with Gasteiger partial charge in [0, 0.05) is 4.47 Å². The van der Waals surface area contributed by atoms with Crippen molar-refractivity contribution < 1.29 is 9.53 Å². The van der Waals surface area contributed by atoms with Crippen LogP contribution in [0.15, 0.2) is 40.9 Å². The van der Waals surface area contributed by atoms with Crippen LogP contribution in [0.25, 0.3) is 0 Å². The van der Waals surface area contributed by atoms with Crippen LogP contribution in [0.4, 0.5) is 0 Å². The van der Waals surface area contributed by atoms with Crippen molar-refractivity contribution in [3.05, 3.63) is 56.5 Å². The number of para-hydroxylation sites is 1. The fourth-order valence-electron chi connectivity index (χ4n) is 1.39. The molecule has 2 rings (SSSR count). The maximum Gasteiger partial charge on any atom is 0.156 e. The summed E-state index contributed by atoms with van der Waals surface area (Å²) in [6.45, 7) is 0. The summed E-state index contributed by atoms with van der Waals surface area (Å²) in [6.07, 6.45) is 0.688. The van der Waals surface area contributed by atoms with Crippen molar-refractivity contribution in [1.29, 1.82) is 0 Å². The fraction of sp³-hybridized carbons (Fsp3) is 0. The van der Waals surface area contributed by atoms with Crippen LogP contribution in [0.5, 0.6) is 11.5 Å². The summed E-state index contributed by atoms with van der Waals surface area (Å²) in [5, 5.41) is 0.791. The van der Waals surface area contributed by atoms with Crippen LogP contribution in [0.2, 0.25) is 10.0 Å². The summed E-state index contributed by atoms with van der Waals surface area (Å²) in [5.41, 5.74) is 0.376. The molecule has 0 amide bonds. The van der Waals surface area contributed by atoms with E-state index >= 15 is 0 Å². The first-order valence-electron chi connectivity index (χ1n) is 4.98. The topological polar surface area (TPSA) is 26.3 Å². The standard InChI is InChI=1S/C13H7BrCl2O2/c14-9-4-5-12(11(16)6-9)18-13-8(7-17)2-1-3-10(13)15/h1-7H. The number of aldehydes is 1. The Kier molecular flexibility index (Phi) is 4.27. The second kappa shape index (κ2) is 5.74. The number of halogens is 3. The third kappa shape index (κ3) is 2.86. The van der Waals surface area contributed by atoms with E-state index in [2.05, 4.69) is 15.9 Å². The molecule has 0 aliphatic rings. The summed E-state index contributed by atoms with van der Waals surface area (Å²) in [4.78, 5) is 10.9. The zero-order chi connectivity index (χ0) is 13.1. The summed E-state index contributed by atoms with van der Waals surface area (Å²) in [7, 11) is 0. The zero-order valence-electron chi connectivity index (χ0n) is 8.99. The molecule has 2 aromatic rings. The van der Waals surface area contributed by atoms with Crippen LogP contribution in [-0.2, 0) is 0 Å². The average molecular weight is 346 g/mol. The van der Waals surface area contributed by atoms with Crippen LogP contribution < -0.4 is 4.74 Å². The first-order chi connectivity index (χ1) is 8.61. The molecule has 0 N–H and O–H groups in total. The van der Waals surface area contributed by atoms with Gasteiger partial charge in [-0.2, -0.15) is 0 Å². The molecule has 0 unspecified atom stereocenters. The number of rotatable bonds is 3. The highest BCUT2D eigenvalue weighted by atomic mass is 79.9. The highest BCUT2D eigenvalue weighted by Gasteiger charge is 2.11. The molecule has 0 aliphatic carbocycles.